The first-order valence-electron chi connectivity index (χ1n) is 4.96. The Hall–Kier alpha value is -2.25. The number of piperidine rings is 1. The van der Waals surface area contributed by atoms with Crippen molar-refractivity contribution in [1.82, 2.24) is 15.2 Å². The van der Waals surface area contributed by atoms with Crippen LogP contribution in [0.3, 0.4) is 0 Å². The second-order valence-electron chi connectivity index (χ2n) is 3.60. The SMILES string of the molecule is O=C1CCN(C(=O)c2nonc2C(=O)O)CC1. The van der Waals surface area contributed by atoms with Crippen LogP contribution in [-0.2, 0) is 4.79 Å². The van der Waals surface area contributed by atoms with Crippen molar-refractivity contribution in [2.45, 2.75) is 12.8 Å². The maximum Gasteiger partial charge on any atom is 0.360 e. The van der Waals surface area contributed by atoms with E-state index >= 15 is 0 Å². The number of hydrogen-bond acceptors (Lipinski definition) is 6. The Balaban J connectivity index is 2.17. The van der Waals surface area contributed by atoms with Gasteiger partial charge in [0.1, 0.15) is 5.78 Å². The van der Waals surface area contributed by atoms with E-state index < -0.39 is 17.6 Å². The number of likely N-dealkylation sites (tertiary alicyclic amines) is 1. The highest BCUT2D eigenvalue weighted by atomic mass is 16.6. The van der Waals surface area contributed by atoms with Crippen LogP contribution in [0, 0.1) is 0 Å². The molecular weight excluding hydrogens is 230 g/mol. The molecule has 0 bridgehead atoms. The molecule has 17 heavy (non-hydrogen) atoms. The fourth-order valence-electron chi connectivity index (χ4n) is 1.58. The summed E-state index contributed by atoms with van der Waals surface area (Å²) in [4.78, 5) is 35.0. The third-order valence-corrected chi connectivity index (χ3v) is 2.50. The Kier molecular flexibility index (Phi) is 2.86. The maximum absolute atomic E-state index is 11.9. The summed E-state index contributed by atoms with van der Waals surface area (Å²) in [5.41, 5.74) is -0.834. The molecule has 1 aliphatic rings. The predicted molar refractivity (Wildman–Crippen MR) is 51.4 cm³/mol. The van der Waals surface area contributed by atoms with E-state index in [0.717, 1.165) is 0 Å². The molecule has 1 aromatic heterocycles. The lowest BCUT2D eigenvalue weighted by Gasteiger charge is -2.24. The standard InChI is InChI=1S/C9H9N3O5/c13-5-1-3-12(4-2-5)8(14)6-7(9(15)16)11-17-10-6/h1-4H2,(H,15,16). The van der Waals surface area contributed by atoms with Crippen molar-refractivity contribution in [1.29, 1.82) is 0 Å². The lowest BCUT2D eigenvalue weighted by molar-refractivity contribution is -0.120. The molecule has 8 heteroatoms. The number of amides is 1. The van der Waals surface area contributed by atoms with E-state index in [-0.39, 0.29) is 37.4 Å². The summed E-state index contributed by atoms with van der Waals surface area (Å²) in [5, 5.41) is 15.2. The van der Waals surface area contributed by atoms with Crippen molar-refractivity contribution in [3.8, 4) is 0 Å². The molecular formula is C9H9N3O5. The number of Topliss-reactive ketones (excluding diaryl/α,β-unsaturated/α-hetero) is 1. The quantitative estimate of drug-likeness (QED) is 0.744. The van der Waals surface area contributed by atoms with Gasteiger partial charge < -0.3 is 10.0 Å². The highest BCUT2D eigenvalue weighted by Crippen LogP contribution is 2.12. The van der Waals surface area contributed by atoms with Crippen molar-refractivity contribution in [3.63, 3.8) is 0 Å². The number of aromatic carboxylic acids is 1. The van der Waals surface area contributed by atoms with E-state index in [4.69, 9.17) is 5.11 Å². The van der Waals surface area contributed by atoms with Crippen LogP contribution < -0.4 is 0 Å². The minimum absolute atomic E-state index is 0.0887. The van der Waals surface area contributed by atoms with Crippen LogP contribution in [0.4, 0.5) is 0 Å². The van der Waals surface area contributed by atoms with Gasteiger partial charge in [-0.3, -0.25) is 9.59 Å². The summed E-state index contributed by atoms with van der Waals surface area (Å²) in [5.74, 6) is -1.86. The molecule has 1 saturated heterocycles. The first-order chi connectivity index (χ1) is 8.09. The molecule has 1 amide bonds. The van der Waals surface area contributed by atoms with Gasteiger partial charge in [0.25, 0.3) is 5.91 Å². The molecule has 1 fully saturated rings. The highest BCUT2D eigenvalue weighted by molar-refractivity contribution is 6.02. The zero-order chi connectivity index (χ0) is 12.4. The van der Waals surface area contributed by atoms with Gasteiger partial charge in [0.2, 0.25) is 11.4 Å². The van der Waals surface area contributed by atoms with Crippen molar-refractivity contribution in [3.05, 3.63) is 11.4 Å². The van der Waals surface area contributed by atoms with Crippen LogP contribution in [0.1, 0.15) is 33.8 Å². The Morgan fingerprint density at radius 1 is 1.18 bits per heavy atom. The monoisotopic (exact) mass is 239 g/mol. The van der Waals surface area contributed by atoms with Gasteiger partial charge in [0, 0.05) is 25.9 Å². The number of carbonyl (C=O) groups is 3. The van der Waals surface area contributed by atoms with Crippen LogP contribution in [0.5, 0.6) is 0 Å². The zero-order valence-electron chi connectivity index (χ0n) is 8.75. The van der Waals surface area contributed by atoms with E-state index in [2.05, 4.69) is 14.9 Å². The summed E-state index contributed by atoms with van der Waals surface area (Å²) in [6, 6.07) is 0. The van der Waals surface area contributed by atoms with Crippen LogP contribution in [0.25, 0.3) is 0 Å². The Morgan fingerprint density at radius 3 is 2.35 bits per heavy atom. The minimum Gasteiger partial charge on any atom is -0.476 e. The molecule has 1 N–H and O–H groups in total. The number of ketones is 1. The van der Waals surface area contributed by atoms with E-state index in [1.807, 2.05) is 0 Å². The van der Waals surface area contributed by atoms with Crippen LogP contribution in [0.2, 0.25) is 0 Å². The fourth-order valence-corrected chi connectivity index (χ4v) is 1.58. The molecule has 0 atom stereocenters. The molecule has 0 unspecified atom stereocenters. The maximum atomic E-state index is 11.9. The second kappa shape index (κ2) is 4.32. The summed E-state index contributed by atoms with van der Waals surface area (Å²) in [6.45, 7) is 0.535. The van der Waals surface area contributed by atoms with Gasteiger partial charge in [-0.05, 0) is 10.3 Å². The zero-order valence-corrected chi connectivity index (χ0v) is 8.75. The van der Waals surface area contributed by atoms with E-state index in [0.29, 0.717) is 0 Å². The largest absolute Gasteiger partial charge is 0.476 e. The van der Waals surface area contributed by atoms with E-state index in [9.17, 15) is 14.4 Å². The molecule has 0 aliphatic carbocycles. The lowest BCUT2D eigenvalue weighted by atomic mass is 10.1. The van der Waals surface area contributed by atoms with Gasteiger partial charge in [-0.15, -0.1) is 0 Å². The summed E-state index contributed by atoms with van der Waals surface area (Å²) >= 11 is 0. The topological polar surface area (TPSA) is 114 Å². The normalized spacial score (nSPS) is 16.0. The molecule has 90 valence electrons. The molecule has 2 rings (SSSR count). The van der Waals surface area contributed by atoms with Crippen molar-refractivity contribution in [2.75, 3.05) is 13.1 Å². The number of rotatable bonds is 2. The Morgan fingerprint density at radius 2 is 1.76 bits per heavy atom. The number of aromatic nitrogens is 2. The molecule has 0 radical (unpaired) electrons. The van der Waals surface area contributed by atoms with Gasteiger partial charge in [0.15, 0.2) is 0 Å². The van der Waals surface area contributed by atoms with Gasteiger partial charge in [-0.2, -0.15) is 0 Å². The Labute approximate surface area is 95.2 Å². The van der Waals surface area contributed by atoms with Crippen LogP contribution >= 0.6 is 0 Å². The fraction of sp³-hybridized carbons (Fsp3) is 0.444. The smallest absolute Gasteiger partial charge is 0.360 e. The third-order valence-electron chi connectivity index (χ3n) is 2.50. The summed E-state index contributed by atoms with van der Waals surface area (Å²) in [6.07, 6.45) is 0.554. The highest BCUT2D eigenvalue weighted by Gasteiger charge is 2.29. The number of hydrogen-bond donors (Lipinski definition) is 1. The molecule has 0 spiro atoms. The van der Waals surface area contributed by atoms with Gasteiger partial charge in [-0.25, -0.2) is 9.42 Å². The predicted octanol–water partition coefficient (Wildman–Crippen LogP) is -0.427. The molecule has 0 saturated carbocycles. The van der Waals surface area contributed by atoms with Crippen molar-refractivity contribution in [2.24, 2.45) is 0 Å². The first kappa shape index (κ1) is 11.2. The van der Waals surface area contributed by atoms with Crippen molar-refractivity contribution < 1.29 is 24.1 Å². The number of nitrogens with zero attached hydrogens (tertiary/aromatic N) is 3. The van der Waals surface area contributed by atoms with Crippen LogP contribution in [-0.4, -0.2) is 51.1 Å². The van der Waals surface area contributed by atoms with E-state index in [1.54, 1.807) is 0 Å². The average Bonchev–Trinajstić information content (AvgIpc) is 2.78. The molecule has 1 aliphatic heterocycles. The summed E-state index contributed by atoms with van der Waals surface area (Å²) in [7, 11) is 0. The molecule has 1 aromatic rings. The second-order valence-corrected chi connectivity index (χ2v) is 3.60. The number of carbonyl (C=O) groups excluding carboxylic acids is 2. The van der Waals surface area contributed by atoms with E-state index in [1.165, 1.54) is 4.90 Å². The first-order valence-corrected chi connectivity index (χ1v) is 4.96. The molecule has 0 aromatic carbocycles. The van der Waals surface area contributed by atoms with Gasteiger partial charge in [0.05, 0.1) is 0 Å². The molecule has 2 heterocycles. The number of carboxylic acids is 1. The summed E-state index contributed by atoms with van der Waals surface area (Å²) < 4.78 is 4.24. The van der Waals surface area contributed by atoms with Gasteiger partial charge >= 0.3 is 5.97 Å². The Bertz CT molecular complexity index is 471. The third kappa shape index (κ3) is 2.14. The number of carboxylic acid groups (broad SMARTS) is 1. The van der Waals surface area contributed by atoms with Crippen molar-refractivity contribution >= 4 is 17.7 Å². The van der Waals surface area contributed by atoms with Gasteiger partial charge in [-0.1, -0.05) is 0 Å². The van der Waals surface area contributed by atoms with Crippen LogP contribution in [0.15, 0.2) is 4.63 Å². The average molecular weight is 239 g/mol. The lowest BCUT2D eigenvalue weighted by Crippen LogP contribution is -2.39. The minimum atomic E-state index is -1.37. The molecule has 8 nitrogen and oxygen atoms in total.